The predicted molar refractivity (Wildman–Crippen MR) is 66.9 cm³/mol. The summed E-state index contributed by atoms with van der Waals surface area (Å²) >= 11 is 6.06. The van der Waals surface area contributed by atoms with Gasteiger partial charge in [0.1, 0.15) is 0 Å². The fourth-order valence-corrected chi connectivity index (χ4v) is 2.61. The Balaban J connectivity index is 2.11. The van der Waals surface area contributed by atoms with Crippen molar-refractivity contribution in [3.8, 4) is 0 Å². The highest BCUT2D eigenvalue weighted by Crippen LogP contribution is 2.27. The molecule has 1 saturated carbocycles. The van der Waals surface area contributed by atoms with Crippen LogP contribution in [-0.4, -0.2) is 23.1 Å². The Morgan fingerprint density at radius 1 is 1.12 bits per heavy atom. The van der Waals surface area contributed by atoms with E-state index in [9.17, 15) is 0 Å². The molecule has 0 saturated heterocycles. The summed E-state index contributed by atoms with van der Waals surface area (Å²) in [7, 11) is 2.08. The summed E-state index contributed by atoms with van der Waals surface area (Å²) in [4.78, 5) is 10.6. The van der Waals surface area contributed by atoms with Crippen molar-refractivity contribution in [1.29, 1.82) is 0 Å². The Labute approximate surface area is 102 Å². The zero-order valence-electron chi connectivity index (χ0n) is 9.69. The molecule has 3 nitrogen and oxygen atoms in total. The van der Waals surface area contributed by atoms with Crippen LogP contribution >= 0.6 is 11.6 Å². The summed E-state index contributed by atoms with van der Waals surface area (Å²) in [6.45, 7) is 0. The summed E-state index contributed by atoms with van der Waals surface area (Å²) in [5.74, 6) is 0.816. The van der Waals surface area contributed by atoms with Gasteiger partial charge >= 0.3 is 0 Å². The van der Waals surface area contributed by atoms with E-state index < -0.39 is 0 Å². The second kappa shape index (κ2) is 5.48. The van der Waals surface area contributed by atoms with E-state index in [1.54, 1.807) is 12.4 Å². The van der Waals surface area contributed by atoms with Gasteiger partial charge in [0.05, 0.1) is 0 Å². The Bertz CT molecular complexity index is 335. The lowest BCUT2D eigenvalue weighted by atomic mass is 10.1. The molecule has 2 rings (SSSR count). The van der Waals surface area contributed by atoms with E-state index in [-0.39, 0.29) is 0 Å². The summed E-state index contributed by atoms with van der Waals surface area (Å²) in [6.07, 6.45) is 11.2. The number of anilines is 1. The Morgan fingerprint density at radius 2 is 1.75 bits per heavy atom. The van der Waals surface area contributed by atoms with Gasteiger partial charge in [0, 0.05) is 25.5 Å². The molecule has 16 heavy (non-hydrogen) atoms. The van der Waals surface area contributed by atoms with Crippen LogP contribution in [0.2, 0.25) is 5.15 Å². The van der Waals surface area contributed by atoms with Gasteiger partial charge in [0.15, 0.2) is 11.0 Å². The number of hydrogen-bond donors (Lipinski definition) is 0. The first-order valence-corrected chi connectivity index (χ1v) is 6.36. The van der Waals surface area contributed by atoms with Crippen molar-refractivity contribution in [3.63, 3.8) is 0 Å². The lowest BCUT2D eigenvalue weighted by Crippen LogP contribution is -2.32. The average Bonchev–Trinajstić information content (AvgIpc) is 2.57. The van der Waals surface area contributed by atoms with Crippen LogP contribution in [0.3, 0.4) is 0 Å². The summed E-state index contributed by atoms with van der Waals surface area (Å²) < 4.78 is 0. The van der Waals surface area contributed by atoms with Crippen LogP contribution in [0.5, 0.6) is 0 Å². The standard InChI is InChI=1S/C12H18ClN3/c1-16(10-6-4-2-3-5-7-10)12-11(13)14-8-9-15-12/h8-10H,2-7H2,1H3. The Morgan fingerprint density at radius 3 is 2.38 bits per heavy atom. The lowest BCUT2D eigenvalue weighted by Gasteiger charge is -2.28. The molecule has 1 heterocycles. The van der Waals surface area contributed by atoms with Gasteiger partial charge in [-0.3, -0.25) is 0 Å². The third kappa shape index (κ3) is 2.64. The van der Waals surface area contributed by atoms with Crippen LogP contribution in [0, 0.1) is 0 Å². The summed E-state index contributed by atoms with van der Waals surface area (Å²) in [5.41, 5.74) is 0. The molecule has 0 atom stereocenters. The average molecular weight is 240 g/mol. The van der Waals surface area contributed by atoms with Crippen molar-refractivity contribution in [3.05, 3.63) is 17.5 Å². The van der Waals surface area contributed by atoms with Crippen molar-refractivity contribution < 1.29 is 0 Å². The van der Waals surface area contributed by atoms with Crippen molar-refractivity contribution in [2.45, 2.75) is 44.6 Å². The van der Waals surface area contributed by atoms with E-state index >= 15 is 0 Å². The molecule has 0 N–H and O–H groups in total. The van der Waals surface area contributed by atoms with E-state index in [2.05, 4.69) is 21.9 Å². The molecule has 0 radical (unpaired) electrons. The maximum absolute atomic E-state index is 6.06. The van der Waals surface area contributed by atoms with Gasteiger partial charge in [-0.15, -0.1) is 0 Å². The topological polar surface area (TPSA) is 29.0 Å². The molecule has 0 aliphatic heterocycles. The second-order valence-electron chi connectivity index (χ2n) is 4.43. The van der Waals surface area contributed by atoms with Crippen LogP contribution in [0.15, 0.2) is 12.4 Å². The molecular weight excluding hydrogens is 222 g/mol. The van der Waals surface area contributed by atoms with Gasteiger partial charge in [-0.25, -0.2) is 9.97 Å². The third-order valence-electron chi connectivity index (χ3n) is 3.34. The molecule has 1 aliphatic rings. The van der Waals surface area contributed by atoms with Gasteiger partial charge in [-0.05, 0) is 12.8 Å². The van der Waals surface area contributed by atoms with Crippen molar-refractivity contribution in [2.24, 2.45) is 0 Å². The predicted octanol–water partition coefficient (Wildman–Crippen LogP) is 3.29. The third-order valence-corrected chi connectivity index (χ3v) is 3.61. The van der Waals surface area contributed by atoms with Crippen molar-refractivity contribution in [2.75, 3.05) is 11.9 Å². The molecule has 1 fully saturated rings. The van der Waals surface area contributed by atoms with Gasteiger partial charge in [0.25, 0.3) is 0 Å². The van der Waals surface area contributed by atoms with E-state index in [0.29, 0.717) is 11.2 Å². The molecule has 0 amide bonds. The monoisotopic (exact) mass is 239 g/mol. The zero-order valence-corrected chi connectivity index (χ0v) is 10.5. The molecule has 88 valence electrons. The smallest absolute Gasteiger partial charge is 0.171 e. The van der Waals surface area contributed by atoms with Gasteiger partial charge in [0.2, 0.25) is 0 Å². The number of halogens is 1. The minimum Gasteiger partial charge on any atom is -0.354 e. The maximum atomic E-state index is 6.06. The molecular formula is C12H18ClN3. The van der Waals surface area contributed by atoms with Crippen LogP contribution in [-0.2, 0) is 0 Å². The SMILES string of the molecule is CN(c1nccnc1Cl)C1CCCCCC1. The Hall–Kier alpha value is -0.830. The highest BCUT2D eigenvalue weighted by atomic mass is 35.5. The van der Waals surface area contributed by atoms with E-state index in [1.807, 2.05) is 0 Å². The maximum Gasteiger partial charge on any atom is 0.171 e. The quantitative estimate of drug-likeness (QED) is 0.742. The Kier molecular flexibility index (Phi) is 3.99. The largest absolute Gasteiger partial charge is 0.354 e. The molecule has 1 aliphatic carbocycles. The van der Waals surface area contributed by atoms with E-state index in [4.69, 9.17) is 11.6 Å². The fourth-order valence-electron chi connectivity index (χ4n) is 2.37. The first kappa shape index (κ1) is 11.6. The number of hydrogen-bond acceptors (Lipinski definition) is 3. The molecule has 0 spiro atoms. The first-order valence-electron chi connectivity index (χ1n) is 5.98. The fraction of sp³-hybridized carbons (Fsp3) is 0.667. The summed E-state index contributed by atoms with van der Waals surface area (Å²) in [5, 5.41) is 0.509. The first-order chi connectivity index (χ1) is 7.79. The van der Waals surface area contributed by atoms with Crippen LogP contribution in [0.4, 0.5) is 5.82 Å². The molecule has 4 heteroatoms. The second-order valence-corrected chi connectivity index (χ2v) is 4.79. The van der Waals surface area contributed by atoms with Gasteiger partial charge in [-0.1, -0.05) is 37.3 Å². The molecule has 0 unspecified atom stereocenters. The highest BCUT2D eigenvalue weighted by molar-refractivity contribution is 6.31. The number of rotatable bonds is 2. The van der Waals surface area contributed by atoms with E-state index in [1.165, 1.54) is 38.5 Å². The van der Waals surface area contributed by atoms with Gasteiger partial charge in [-0.2, -0.15) is 0 Å². The minimum atomic E-state index is 0.509. The highest BCUT2D eigenvalue weighted by Gasteiger charge is 2.19. The van der Waals surface area contributed by atoms with Crippen molar-refractivity contribution >= 4 is 17.4 Å². The zero-order chi connectivity index (χ0) is 11.4. The van der Waals surface area contributed by atoms with Crippen LogP contribution in [0.25, 0.3) is 0 Å². The molecule has 1 aromatic heterocycles. The molecule has 0 aromatic carbocycles. The minimum absolute atomic E-state index is 0.509. The lowest BCUT2D eigenvalue weighted by molar-refractivity contribution is 0.548. The van der Waals surface area contributed by atoms with Crippen LogP contribution < -0.4 is 4.90 Å². The molecule has 1 aromatic rings. The number of aromatic nitrogens is 2. The molecule has 0 bridgehead atoms. The summed E-state index contributed by atoms with van der Waals surface area (Å²) in [6, 6.07) is 0.566. The van der Waals surface area contributed by atoms with E-state index in [0.717, 1.165) is 5.82 Å². The van der Waals surface area contributed by atoms with Gasteiger partial charge < -0.3 is 4.90 Å². The number of nitrogens with zero attached hydrogens (tertiary/aromatic N) is 3. The van der Waals surface area contributed by atoms with Crippen LogP contribution in [0.1, 0.15) is 38.5 Å². The normalized spacial score (nSPS) is 18.1. The van der Waals surface area contributed by atoms with Crippen molar-refractivity contribution in [1.82, 2.24) is 9.97 Å².